The second-order valence-corrected chi connectivity index (χ2v) is 8.21. The lowest BCUT2D eigenvalue weighted by atomic mass is 10.2. The average molecular weight is 491 g/mol. The number of carbonyl (C=O) groups excluding carboxylic acids is 1. The number of fused-ring (bicyclic) bond motifs is 1. The largest absolute Gasteiger partial charge is 0.354 e. The molecule has 2 N–H and O–H groups in total. The molecule has 1 fully saturated rings. The number of aromatic nitrogens is 5. The van der Waals surface area contributed by atoms with Crippen LogP contribution in [0.3, 0.4) is 0 Å². The van der Waals surface area contributed by atoms with Crippen molar-refractivity contribution in [1.29, 1.82) is 0 Å². The number of nitrogens with zero attached hydrogens (tertiary/aromatic N) is 6. The Kier molecular flexibility index (Phi) is 10.00. The topological polar surface area (TPSA) is 101 Å². The first kappa shape index (κ1) is 28.0. The van der Waals surface area contributed by atoms with E-state index in [9.17, 15) is 13.6 Å². The van der Waals surface area contributed by atoms with Crippen molar-refractivity contribution in [2.45, 2.75) is 53.4 Å². The lowest BCUT2D eigenvalue weighted by Crippen LogP contribution is -2.20. The molecular weight excluding hydrogens is 454 g/mol. The van der Waals surface area contributed by atoms with E-state index in [1.54, 1.807) is 18.3 Å². The van der Waals surface area contributed by atoms with E-state index >= 15 is 0 Å². The lowest BCUT2D eigenvalue weighted by Gasteiger charge is -2.15. The average Bonchev–Trinajstić information content (AvgIpc) is 3.43. The van der Waals surface area contributed by atoms with Crippen molar-refractivity contribution in [2.24, 2.45) is 5.92 Å². The minimum absolute atomic E-state index is 0.255. The summed E-state index contributed by atoms with van der Waals surface area (Å²) >= 11 is 0. The maximum Gasteiger partial charge on any atom is 0.303 e. The van der Waals surface area contributed by atoms with Crippen LogP contribution < -0.4 is 15.5 Å². The van der Waals surface area contributed by atoms with Crippen LogP contribution in [0, 0.1) is 5.92 Å². The number of carbonyl (C=O) groups is 1. The summed E-state index contributed by atoms with van der Waals surface area (Å²) in [7, 11) is 3.75. The number of pyridine rings is 1. The highest BCUT2D eigenvalue weighted by atomic mass is 19.3. The molecule has 1 amide bonds. The van der Waals surface area contributed by atoms with Crippen LogP contribution in [0.2, 0.25) is 0 Å². The Labute approximate surface area is 205 Å². The SMILES string of the molecule is CC.CCc1cc(-n2nc(N3CCC(C)C3)c3cnc(NC=O)cc32)nc(C(C)(F)F)n1.CNC. The highest BCUT2D eigenvalue weighted by Gasteiger charge is 2.30. The van der Waals surface area contributed by atoms with Crippen molar-refractivity contribution in [3.05, 3.63) is 29.8 Å². The molecule has 4 rings (SSSR count). The molecule has 35 heavy (non-hydrogen) atoms. The first-order valence-corrected chi connectivity index (χ1v) is 11.9. The van der Waals surface area contributed by atoms with Gasteiger partial charge in [0.05, 0.1) is 10.9 Å². The van der Waals surface area contributed by atoms with E-state index in [0.29, 0.717) is 35.8 Å². The second kappa shape index (κ2) is 12.5. The summed E-state index contributed by atoms with van der Waals surface area (Å²) in [5, 5.41) is 10.8. The van der Waals surface area contributed by atoms with E-state index in [1.165, 1.54) is 4.68 Å². The standard InChI is InChI=1S/C20H23F2N7O.C2H7N.C2H6/c1-4-13-7-17(26-19(25-13)20(3,21)22)29-15-8-16(24-11-30)23-9-14(15)18(27-29)28-6-5-12(2)10-28;1-3-2;1-2/h7-9,11-12H,4-6,10H2,1-3H3,(H,23,24,30);3H,1-2H3;1-2H3. The summed E-state index contributed by atoms with van der Waals surface area (Å²) in [5.41, 5.74) is 1.12. The van der Waals surface area contributed by atoms with E-state index in [1.807, 2.05) is 34.9 Å². The number of alkyl halides is 2. The van der Waals surface area contributed by atoms with E-state index in [2.05, 4.69) is 37.4 Å². The Bertz CT molecular complexity index is 1110. The van der Waals surface area contributed by atoms with Gasteiger partial charge in [0.1, 0.15) is 5.82 Å². The lowest BCUT2D eigenvalue weighted by molar-refractivity contribution is -0.105. The molecule has 1 saturated heterocycles. The van der Waals surface area contributed by atoms with Gasteiger partial charge >= 0.3 is 5.92 Å². The maximum atomic E-state index is 14.0. The van der Waals surface area contributed by atoms with Crippen LogP contribution >= 0.6 is 0 Å². The van der Waals surface area contributed by atoms with Crippen LogP contribution in [-0.2, 0) is 17.1 Å². The van der Waals surface area contributed by atoms with Crippen LogP contribution in [-0.4, -0.2) is 58.3 Å². The van der Waals surface area contributed by atoms with Gasteiger partial charge < -0.3 is 15.5 Å². The summed E-state index contributed by atoms with van der Waals surface area (Å²) in [4.78, 5) is 25.4. The Morgan fingerprint density at radius 3 is 2.46 bits per heavy atom. The van der Waals surface area contributed by atoms with Crippen molar-refractivity contribution >= 4 is 28.9 Å². The van der Waals surface area contributed by atoms with Gasteiger partial charge in [0, 0.05) is 44.0 Å². The van der Waals surface area contributed by atoms with Gasteiger partial charge in [0.2, 0.25) is 12.2 Å². The Morgan fingerprint density at radius 1 is 1.23 bits per heavy atom. The number of anilines is 2. The fraction of sp³-hybridized carbons (Fsp3) is 0.542. The van der Waals surface area contributed by atoms with E-state index < -0.39 is 11.7 Å². The van der Waals surface area contributed by atoms with Gasteiger partial charge in [-0.05, 0) is 32.9 Å². The number of nitrogens with one attached hydrogen (secondary N) is 2. The van der Waals surface area contributed by atoms with Crippen LogP contribution in [0.15, 0.2) is 18.3 Å². The molecule has 0 aliphatic carbocycles. The monoisotopic (exact) mass is 490 g/mol. The summed E-state index contributed by atoms with van der Waals surface area (Å²) in [6, 6.07) is 3.32. The highest BCUT2D eigenvalue weighted by molar-refractivity contribution is 5.93. The van der Waals surface area contributed by atoms with E-state index in [0.717, 1.165) is 37.6 Å². The molecule has 192 valence electrons. The van der Waals surface area contributed by atoms with Crippen LogP contribution in [0.1, 0.15) is 52.6 Å². The molecule has 0 spiro atoms. The van der Waals surface area contributed by atoms with Gasteiger partial charge in [-0.1, -0.05) is 27.7 Å². The molecule has 1 atom stereocenters. The third kappa shape index (κ3) is 6.68. The zero-order valence-electron chi connectivity index (χ0n) is 21.6. The molecule has 0 aromatic carbocycles. The first-order valence-electron chi connectivity index (χ1n) is 11.9. The highest BCUT2D eigenvalue weighted by Crippen LogP contribution is 2.33. The third-order valence-corrected chi connectivity index (χ3v) is 5.21. The fourth-order valence-corrected chi connectivity index (χ4v) is 3.64. The molecule has 9 nitrogen and oxygen atoms in total. The number of rotatable bonds is 6. The van der Waals surface area contributed by atoms with Crippen molar-refractivity contribution in [2.75, 3.05) is 37.4 Å². The Hall–Kier alpha value is -3.21. The van der Waals surface area contributed by atoms with Crippen molar-refractivity contribution in [3.8, 4) is 5.82 Å². The van der Waals surface area contributed by atoms with Crippen molar-refractivity contribution in [1.82, 2.24) is 30.0 Å². The summed E-state index contributed by atoms with van der Waals surface area (Å²) in [5.74, 6) is -1.87. The van der Waals surface area contributed by atoms with Crippen molar-refractivity contribution < 1.29 is 13.6 Å². The molecule has 1 aliphatic rings. The van der Waals surface area contributed by atoms with E-state index in [4.69, 9.17) is 5.10 Å². The molecular formula is C24H36F2N8O. The number of amides is 1. The second-order valence-electron chi connectivity index (χ2n) is 8.21. The Morgan fingerprint density at radius 2 is 1.91 bits per heavy atom. The summed E-state index contributed by atoms with van der Waals surface area (Å²) in [6.45, 7) is 10.5. The molecule has 3 aromatic rings. The molecule has 11 heteroatoms. The van der Waals surface area contributed by atoms with Gasteiger partial charge in [-0.25, -0.2) is 19.6 Å². The number of halogens is 2. The third-order valence-electron chi connectivity index (χ3n) is 5.21. The molecule has 3 aromatic heterocycles. The zero-order chi connectivity index (χ0) is 26.2. The van der Waals surface area contributed by atoms with Gasteiger partial charge in [0.25, 0.3) is 0 Å². The van der Waals surface area contributed by atoms with Gasteiger partial charge in [-0.3, -0.25) is 4.79 Å². The van der Waals surface area contributed by atoms with Gasteiger partial charge in [-0.2, -0.15) is 8.78 Å². The van der Waals surface area contributed by atoms with Crippen LogP contribution in [0.5, 0.6) is 0 Å². The molecule has 1 aliphatic heterocycles. The first-order chi connectivity index (χ1) is 16.7. The normalized spacial score (nSPS) is 15.2. The molecule has 0 radical (unpaired) electrons. The summed E-state index contributed by atoms with van der Waals surface area (Å²) in [6.07, 6.45) is 3.70. The molecule has 0 bridgehead atoms. The maximum absolute atomic E-state index is 14.0. The summed E-state index contributed by atoms with van der Waals surface area (Å²) < 4.78 is 29.6. The minimum atomic E-state index is -3.18. The molecule has 1 unspecified atom stereocenters. The quantitative estimate of drug-likeness (QED) is 0.501. The van der Waals surface area contributed by atoms with E-state index in [-0.39, 0.29) is 5.82 Å². The predicted molar refractivity (Wildman–Crippen MR) is 135 cm³/mol. The van der Waals surface area contributed by atoms with Crippen LogP contribution in [0.4, 0.5) is 20.4 Å². The predicted octanol–water partition coefficient (Wildman–Crippen LogP) is 4.16. The zero-order valence-corrected chi connectivity index (χ0v) is 21.6. The Balaban J connectivity index is 0.000000803. The fourth-order valence-electron chi connectivity index (χ4n) is 3.64. The number of hydrogen-bond acceptors (Lipinski definition) is 7. The number of aryl methyl sites for hydroxylation is 1. The molecule has 0 saturated carbocycles. The van der Waals surface area contributed by atoms with Gasteiger partial charge in [-0.15, -0.1) is 5.10 Å². The van der Waals surface area contributed by atoms with Crippen molar-refractivity contribution in [3.63, 3.8) is 0 Å². The molecule has 4 heterocycles. The smallest absolute Gasteiger partial charge is 0.303 e. The number of hydrogen-bond donors (Lipinski definition) is 2. The van der Waals surface area contributed by atoms with Crippen LogP contribution in [0.25, 0.3) is 16.7 Å². The van der Waals surface area contributed by atoms with Gasteiger partial charge in [0.15, 0.2) is 11.6 Å². The minimum Gasteiger partial charge on any atom is -0.354 e.